The zero-order chi connectivity index (χ0) is 36.7. The Morgan fingerprint density at radius 2 is 1.46 bits per heavy atom. The third-order valence-corrected chi connectivity index (χ3v) is 10.1. The lowest BCUT2D eigenvalue weighted by Crippen LogP contribution is -2.42. The first-order valence-electron chi connectivity index (χ1n) is 18.2. The number of anilines is 1. The van der Waals surface area contributed by atoms with Gasteiger partial charge in [-0.3, -0.25) is 4.79 Å². The van der Waals surface area contributed by atoms with Gasteiger partial charge in [-0.05, 0) is 100 Å². The molecule has 1 amide bonds. The van der Waals surface area contributed by atoms with Crippen molar-refractivity contribution in [1.29, 1.82) is 0 Å². The molecule has 0 radical (unpaired) electrons. The van der Waals surface area contributed by atoms with Gasteiger partial charge in [-0.25, -0.2) is 4.79 Å². The number of carboxylic acids is 1. The van der Waals surface area contributed by atoms with Crippen LogP contribution >= 0.6 is 11.6 Å². The Labute approximate surface area is 312 Å². The number of carbonyl (C=O) groups is 2. The molecule has 3 N–H and O–H groups in total. The second-order valence-electron chi connectivity index (χ2n) is 14.8. The van der Waals surface area contributed by atoms with Crippen LogP contribution in [0.15, 0.2) is 115 Å². The Hall–Kier alpha value is -5.07. The van der Waals surface area contributed by atoms with E-state index in [1.807, 2.05) is 60.7 Å². The molecule has 6 nitrogen and oxygen atoms in total. The van der Waals surface area contributed by atoms with Crippen molar-refractivity contribution in [2.24, 2.45) is 0 Å². The van der Waals surface area contributed by atoms with E-state index in [1.165, 1.54) is 43.2 Å². The molecule has 6 rings (SSSR count). The number of rotatable bonds is 12. The lowest BCUT2D eigenvalue weighted by Gasteiger charge is -2.22. The molecular weight excluding hydrogens is 668 g/mol. The molecule has 0 bridgehead atoms. The standard InChI is InChI=1S/C45H47ClN2O4/c1-45(2,3)36-20-23-38(24-21-36)52-39-11-7-8-31(26-39)29-47-41-25-22-37(46)28-40(41)43(49)48-42(44(50)51)27-30-12-14-33(15-13-30)35-18-16-34(17-19-35)32-9-5-4-6-10-32/h7-8,11-26,28,32,42,47H,4-6,9-10,27,29H2,1-3H3,(H,48,49)(H,50,51)/t42-/m0/s1. The number of ether oxygens (including phenoxy) is 1. The van der Waals surface area contributed by atoms with Crippen LogP contribution in [0, 0.1) is 0 Å². The molecule has 0 aromatic heterocycles. The van der Waals surface area contributed by atoms with Crippen LogP contribution in [0.2, 0.25) is 5.02 Å². The van der Waals surface area contributed by atoms with Gasteiger partial charge in [-0.2, -0.15) is 0 Å². The fourth-order valence-corrected chi connectivity index (χ4v) is 6.99. The number of carboxylic acid groups (broad SMARTS) is 1. The SMILES string of the molecule is CC(C)(C)c1ccc(Oc2cccc(CNc3ccc(Cl)cc3C(=O)N[C@@H](Cc3ccc(-c4ccc(C5CCCCC5)cc4)cc3)C(=O)O)c2)cc1. The van der Waals surface area contributed by atoms with Gasteiger partial charge in [0.15, 0.2) is 0 Å². The van der Waals surface area contributed by atoms with Crippen LogP contribution in [-0.4, -0.2) is 23.0 Å². The van der Waals surface area contributed by atoms with Gasteiger partial charge in [0, 0.05) is 23.7 Å². The Morgan fingerprint density at radius 3 is 2.12 bits per heavy atom. The molecule has 5 aromatic rings. The minimum absolute atomic E-state index is 0.0595. The lowest BCUT2D eigenvalue weighted by atomic mass is 9.83. The highest BCUT2D eigenvalue weighted by molar-refractivity contribution is 6.31. The summed E-state index contributed by atoms with van der Waals surface area (Å²) >= 11 is 6.31. The van der Waals surface area contributed by atoms with Crippen molar-refractivity contribution in [2.45, 2.75) is 83.2 Å². The first kappa shape index (κ1) is 36.7. The van der Waals surface area contributed by atoms with Gasteiger partial charge in [0.25, 0.3) is 5.91 Å². The summed E-state index contributed by atoms with van der Waals surface area (Å²) in [6.45, 7) is 6.93. The highest BCUT2D eigenvalue weighted by atomic mass is 35.5. The number of carbonyl (C=O) groups excluding carboxylic acids is 1. The van der Waals surface area contributed by atoms with Crippen LogP contribution in [0.25, 0.3) is 11.1 Å². The molecule has 0 unspecified atom stereocenters. The smallest absolute Gasteiger partial charge is 0.326 e. The lowest BCUT2D eigenvalue weighted by molar-refractivity contribution is -0.139. The summed E-state index contributed by atoms with van der Waals surface area (Å²) in [5.74, 6) is 0.465. The van der Waals surface area contributed by atoms with Crippen molar-refractivity contribution in [3.8, 4) is 22.6 Å². The fraction of sp³-hybridized carbons (Fsp3) is 0.289. The third kappa shape index (κ3) is 9.62. The van der Waals surface area contributed by atoms with Crippen molar-refractivity contribution in [3.05, 3.63) is 148 Å². The topological polar surface area (TPSA) is 87.7 Å². The fourth-order valence-electron chi connectivity index (χ4n) is 6.82. The van der Waals surface area contributed by atoms with Crippen LogP contribution in [-0.2, 0) is 23.2 Å². The zero-order valence-corrected chi connectivity index (χ0v) is 30.9. The van der Waals surface area contributed by atoms with Crippen LogP contribution in [0.1, 0.15) is 91.4 Å². The van der Waals surface area contributed by atoms with Crippen molar-refractivity contribution in [1.82, 2.24) is 5.32 Å². The van der Waals surface area contributed by atoms with E-state index in [-0.39, 0.29) is 17.4 Å². The van der Waals surface area contributed by atoms with Crippen molar-refractivity contribution in [3.63, 3.8) is 0 Å². The van der Waals surface area contributed by atoms with E-state index < -0.39 is 17.9 Å². The van der Waals surface area contributed by atoms with E-state index in [1.54, 1.807) is 18.2 Å². The maximum absolute atomic E-state index is 13.6. The van der Waals surface area contributed by atoms with E-state index >= 15 is 0 Å². The predicted molar refractivity (Wildman–Crippen MR) is 211 cm³/mol. The molecule has 1 aliphatic rings. The number of aliphatic carboxylic acids is 1. The quantitative estimate of drug-likeness (QED) is 0.120. The molecule has 0 aliphatic heterocycles. The molecule has 0 heterocycles. The third-order valence-electron chi connectivity index (χ3n) is 9.88. The van der Waals surface area contributed by atoms with Gasteiger partial charge < -0.3 is 20.5 Å². The van der Waals surface area contributed by atoms with E-state index in [0.717, 1.165) is 28.0 Å². The number of amides is 1. The Bertz CT molecular complexity index is 1980. The molecule has 52 heavy (non-hydrogen) atoms. The van der Waals surface area contributed by atoms with E-state index in [2.05, 4.69) is 67.8 Å². The second kappa shape index (κ2) is 16.5. The first-order valence-corrected chi connectivity index (χ1v) is 18.5. The molecule has 5 aromatic carbocycles. The molecular formula is C45H47ClN2O4. The van der Waals surface area contributed by atoms with Crippen molar-refractivity contribution >= 4 is 29.2 Å². The number of hydrogen-bond acceptors (Lipinski definition) is 4. The molecule has 1 atom stereocenters. The Balaban J connectivity index is 1.08. The number of hydrogen-bond donors (Lipinski definition) is 3. The van der Waals surface area contributed by atoms with Gasteiger partial charge in [-0.15, -0.1) is 0 Å². The summed E-state index contributed by atoms with van der Waals surface area (Å²) in [5, 5.41) is 16.5. The van der Waals surface area contributed by atoms with Gasteiger partial charge in [-0.1, -0.05) is 124 Å². The monoisotopic (exact) mass is 714 g/mol. The maximum Gasteiger partial charge on any atom is 0.326 e. The molecule has 1 saturated carbocycles. The number of nitrogens with one attached hydrogen (secondary N) is 2. The Morgan fingerprint density at radius 1 is 0.788 bits per heavy atom. The van der Waals surface area contributed by atoms with Crippen molar-refractivity contribution in [2.75, 3.05) is 5.32 Å². The van der Waals surface area contributed by atoms with Gasteiger partial charge in [0.1, 0.15) is 17.5 Å². The number of halogens is 1. The Kier molecular flexibility index (Phi) is 11.7. The van der Waals surface area contributed by atoms with Crippen LogP contribution < -0.4 is 15.4 Å². The number of benzene rings is 5. The molecule has 0 saturated heterocycles. The minimum atomic E-state index is -1.13. The summed E-state index contributed by atoms with van der Waals surface area (Å²) in [5.41, 5.74) is 7.45. The molecule has 0 spiro atoms. The van der Waals surface area contributed by atoms with Gasteiger partial charge in [0.05, 0.1) is 5.56 Å². The maximum atomic E-state index is 13.6. The average molecular weight is 715 g/mol. The highest BCUT2D eigenvalue weighted by Crippen LogP contribution is 2.34. The van der Waals surface area contributed by atoms with Gasteiger partial charge >= 0.3 is 5.97 Å². The normalized spacial score (nSPS) is 14.0. The molecule has 268 valence electrons. The minimum Gasteiger partial charge on any atom is -0.480 e. The van der Waals surface area contributed by atoms with E-state index in [4.69, 9.17) is 16.3 Å². The van der Waals surface area contributed by atoms with Crippen LogP contribution in [0.4, 0.5) is 5.69 Å². The second-order valence-corrected chi connectivity index (χ2v) is 15.2. The summed E-state index contributed by atoms with van der Waals surface area (Å²) in [6.07, 6.45) is 6.63. The summed E-state index contributed by atoms with van der Waals surface area (Å²) in [4.78, 5) is 25.9. The average Bonchev–Trinajstić information content (AvgIpc) is 3.15. The van der Waals surface area contributed by atoms with E-state index in [0.29, 0.717) is 28.9 Å². The first-order chi connectivity index (χ1) is 25.0. The summed E-state index contributed by atoms with van der Waals surface area (Å²) in [7, 11) is 0. The van der Waals surface area contributed by atoms with E-state index in [9.17, 15) is 14.7 Å². The van der Waals surface area contributed by atoms with Crippen LogP contribution in [0.5, 0.6) is 11.5 Å². The highest BCUT2D eigenvalue weighted by Gasteiger charge is 2.23. The predicted octanol–water partition coefficient (Wildman–Crippen LogP) is 11.2. The molecule has 7 heteroatoms. The molecule has 1 fully saturated rings. The van der Waals surface area contributed by atoms with Gasteiger partial charge in [0.2, 0.25) is 0 Å². The molecule has 1 aliphatic carbocycles. The zero-order valence-electron chi connectivity index (χ0n) is 30.1. The summed E-state index contributed by atoms with van der Waals surface area (Å²) in [6, 6.07) is 36.4. The van der Waals surface area contributed by atoms with Crippen LogP contribution in [0.3, 0.4) is 0 Å². The summed E-state index contributed by atoms with van der Waals surface area (Å²) < 4.78 is 6.12. The van der Waals surface area contributed by atoms with Crippen molar-refractivity contribution < 1.29 is 19.4 Å². The largest absolute Gasteiger partial charge is 0.480 e.